The highest BCUT2D eigenvalue weighted by atomic mass is 35.5. The molecular weight excluding hydrogens is 349 g/mol. The van der Waals surface area contributed by atoms with Gasteiger partial charge in [-0.1, -0.05) is 34.8 Å². The third kappa shape index (κ3) is 3.35. The number of aryl methyl sites for hydroxylation is 1. The molecule has 1 N–H and O–H groups in total. The molecule has 0 atom stereocenters. The van der Waals surface area contributed by atoms with Gasteiger partial charge in [0.1, 0.15) is 9.23 Å². The summed E-state index contributed by atoms with van der Waals surface area (Å²) >= 11 is 18.4. The molecule has 1 aromatic carbocycles. The summed E-state index contributed by atoms with van der Waals surface area (Å²) in [4.78, 5) is -0.0292. The van der Waals surface area contributed by atoms with E-state index in [0.717, 1.165) is 11.3 Å². The highest BCUT2D eigenvalue weighted by Crippen LogP contribution is 2.35. The molecule has 0 radical (unpaired) electrons. The zero-order valence-electron chi connectivity index (χ0n) is 9.58. The van der Waals surface area contributed by atoms with Gasteiger partial charge in [0.2, 0.25) is 0 Å². The molecule has 0 saturated carbocycles. The third-order valence-corrected chi connectivity index (χ3v) is 5.70. The van der Waals surface area contributed by atoms with E-state index in [4.69, 9.17) is 34.8 Å². The minimum Gasteiger partial charge on any atom is -0.279 e. The van der Waals surface area contributed by atoms with Crippen LogP contribution in [0.15, 0.2) is 29.2 Å². The fraction of sp³-hybridized carbons (Fsp3) is 0.0909. The normalized spacial score (nSPS) is 11.6. The van der Waals surface area contributed by atoms with Gasteiger partial charge in [0.15, 0.2) is 0 Å². The number of benzene rings is 1. The van der Waals surface area contributed by atoms with E-state index in [1.165, 1.54) is 6.07 Å². The Morgan fingerprint density at radius 2 is 1.84 bits per heavy atom. The van der Waals surface area contributed by atoms with Crippen molar-refractivity contribution >= 4 is 61.9 Å². The summed E-state index contributed by atoms with van der Waals surface area (Å²) in [5, 5.41) is 0.539. The standard InChI is InChI=1S/C11H8Cl3NO2S2/c1-6-4-7(12)2-3-8(6)15-19(16,17)9-5-10(13)18-11(9)14/h2-5,15H,1H3. The topological polar surface area (TPSA) is 46.2 Å². The maximum Gasteiger partial charge on any atom is 0.264 e. The summed E-state index contributed by atoms with van der Waals surface area (Å²) in [6.45, 7) is 1.76. The zero-order valence-corrected chi connectivity index (χ0v) is 13.5. The number of nitrogens with one attached hydrogen (secondary N) is 1. The highest BCUT2D eigenvalue weighted by Gasteiger charge is 2.21. The predicted molar refractivity (Wildman–Crippen MR) is 81.3 cm³/mol. The van der Waals surface area contributed by atoms with Crippen LogP contribution in [-0.2, 0) is 10.0 Å². The molecule has 0 saturated heterocycles. The van der Waals surface area contributed by atoms with E-state index in [0.29, 0.717) is 20.6 Å². The van der Waals surface area contributed by atoms with Crippen LogP contribution in [0.4, 0.5) is 5.69 Å². The average molecular weight is 357 g/mol. The smallest absolute Gasteiger partial charge is 0.264 e. The van der Waals surface area contributed by atoms with E-state index in [1.54, 1.807) is 25.1 Å². The lowest BCUT2D eigenvalue weighted by Crippen LogP contribution is -2.13. The molecule has 0 fully saturated rings. The minimum atomic E-state index is -3.76. The quantitative estimate of drug-likeness (QED) is 0.857. The van der Waals surface area contributed by atoms with E-state index in [-0.39, 0.29) is 9.23 Å². The van der Waals surface area contributed by atoms with E-state index >= 15 is 0 Å². The molecule has 2 rings (SSSR count). The molecular formula is C11H8Cl3NO2S2. The Morgan fingerprint density at radius 1 is 1.16 bits per heavy atom. The molecule has 0 amide bonds. The van der Waals surface area contributed by atoms with Gasteiger partial charge in [-0.2, -0.15) is 0 Å². The molecule has 102 valence electrons. The maximum atomic E-state index is 12.2. The van der Waals surface area contributed by atoms with Gasteiger partial charge in [-0.25, -0.2) is 8.42 Å². The Kier molecular flexibility index (Phi) is 4.32. The van der Waals surface area contributed by atoms with Crippen molar-refractivity contribution in [3.63, 3.8) is 0 Å². The molecule has 19 heavy (non-hydrogen) atoms. The lowest BCUT2D eigenvalue weighted by Gasteiger charge is -2.10. The van der Waals surface area contributed by atoms with Crippen LogP contribution in [0.2, 0.25) is 13.7 Å². The van der Waals surface area contributed by atoms with Crippen molar-refractivity contribution in [3.8, 4) is 0 Å². The van der Waals surface area contributed by atoms with Gasteiger partial charge in [-0.3, -0.25) is 4.72 Å². The molecule has 1 heterocycles. The molecule has 0 aliphatic carbocycles. The van der Waals surface area contributed by atoms with Crippen LogP contribution < -0.4 is 4.72 Å². The van der Waals surface area contributed by atoms with Crippen molar-refractivity contribution < 1.29 is 8.42 Å². The van der Waals surface area contributed by atoms with Gasteiger partial charge in [0, 0.05) is 5.02 Å². The summed E-state index contributed by atoms with van der Waals surface area (Å²) in [6, 6.07) is 6.19. The summed E-state index contributed by atoms with van der Waals surface area (Å²) in [6.07, 6.45) is 0. The van der Waals surface area contributed by atoms with Crippen LogP contribution in [0.3, 0.4) is 0 Å². The second-order valence-corrected chi connectivity index (χ2v) is 8.13. The monoisotopic (exact) mass is 355 g/mol. The van der Waals surface area contributed by atoms with E-state index < -0.39 is 10.0 Å². The number of halogens is 3. The second kappa shape index (κ2) is 5.50. The van der Waals surface area contributed by atoms with Crippen LogP contribution in [0.5, 0.6) is 0 Å². The fourth-order valence-corrected chi connectivity index (χ4v) is 4.96. The molecule has 1 aromatic heterocycles. The zero-order chi connectivity index (χ0) is 14.2. The number of hydrogen-bond donors (Lipinski definition) is 1. The molecule has 0 unspecified atom stereocenters. The summed E-state index contributed by atoms with van der Waals surface area (Å²) in [7, 11) is -3.76. The molecule has 0 spiro atoms. The first-order valence-corrected chi connectivity index (χ1v) is 8.47. The Hall–Kier alpha value is -0.460. The van der Waals surface area contributed by atoms with E-state index in [1.807, 2.05) is 0 Å². The van der Waals surface area contributed by atoms with Crippen LogP contribution in [-0.4, -0.2) is 8.42 Å². The van der Waals surface area contributed by atoms with Crippen molar-refractivity contribution in [2.75, 3.05) is 4.72 Å². The summed E-state index contributed by atoms with van der Waals surface area (Å²) in [5.41, 5.74) is 1.16. The number of sulfonamides is 1. The number of thiophene rings is 1. The van der Waals surface area contributed by atoms with Crippen molar-refractivity contribution in [1.82, 2.24) is 0 Å². The van der Waals surface area contributed by atoms with Crippen molar-refractivity contribution in [2.45, 2.75) is 11.8 Å². The number of hydrogen-bond acceptors (Lipinski definition) is 3. The maximum absolute atomic E-state index is 12.2. The van der Waals surface area contributed by atoms with Crippen LogP contribution in [0.25, 0.3) is 0 Å². The van der Waals surface area contributed by atoms with Gasteiger partial charge in [0.05, 0.1) is 10.0 Å². The van der Waals surface area contributed by atoms with Gasteiger partial charge in [0.25, 0.3) is 10.0 Å². The highest BCUT2D eigenvalue weighted by molar-refractivity contribution is 7.93. The lowest BCUT2D eigenvalue weighted by atomic mass is 10.2. The van der Waals surface area contributed by atoms with Crippen molar-refractivity contribution in [2.24, 2.45) is 0 Å². The van der Waals surface area contributed by atoms with Gasteiger partial charge in [-0.05, 0) is 36.8 Å². The molecule has 0 aliphatic rings. The fourth-order valence-electron chi connectivity index (χ4n) is 1.45. The predicted octanol–water partition coefficient (Wildman–Crippen LogP) is 4.82. The lowest BCUT2D eigenvalue weighted by molar-refractivity contribution is 0.601. The minimum absolute atomic E-state index is 0.0292. The number of rotatable bonds is 3. The Morgan fingerprint density at radius 3 is 2.37 bits per heavy atom. The van der Waals surface area contributed by atoms with Crippen molar-refractivity contribution in [3.05, 3.63) is 43.5 Å². The first-order valence-electron chi connectivity index (χ1n) is 5.03. The average Bonchev–Trinajstić information content (AvgIpc) is 2.63. The molecule has 3 nitrogen and oxygen atoms in total. The third-order valence-electron chi connectivity index (χ3n) is 2.35. The first kappa shape index (κ1) is 14.9. The van der Waals surface area contributed by atoms with Crippen LogP contribution in [0, 0.1) is 6.92 Å². The van der Waals surface area contributed by atoms with E-state index in [9.17, 15) is 8.42 Å². The van der Waals surface area contributed by atoms with E-state index in [2.05, 4.69) is 4.72 Å². The van der Waals surface area contributed by atoms with Crippen molar-refractivity contribution in [1.29, 1.82) is 0 Å². The van der Waals surface area contributed by atoms with Crippen LogP contribution in [0.1, 0.15) is 5.56 Å². The van der Waals surface area contributed by atoms with Gasteiger partial charge in [-0.15, -0.1) is 11.3 Å². The SMILES string of the molecule is Cc1cc(Cl)ccc1NS(=O)(=O)c1cc(Cl)sc1Cl. The molecule has 0 bridgehead atoms. The summed E-state index contributed by atoms with van der Waals surface area (Å²) in [5.74, 6) is 0. The molecule has 8 heteroatoms. The molecule has 0 aliphatic heterocycles. The number of anilines is 1. The van der Waals surface area contributed by atoms with Gasteiger partial charge >= 0.3 is 0 Å². The Labute approximate surface area is 130 Å². The Balaban J connectivity index is 2.39. The van der Waals surface area contributed by atoms with Crippen LogP contribution >= 0.6 is 46.1 Å². The largest absolute Gasteiger partial charge is 0.279 e. The first-order chi connectivity index (χ1) is 8.79. The van der Waals surface area contributed by atoms with Gasteiger partial charge < -0.3 is 0 Å². The second-order valence-electron chi connectivity index (χ2n) is 3.75. The Bertz CT molecular complexity index is 726. The molecule has 2 aromatic rings. The summed E-state index contributed by atoms with van der Waals surface area (Å²) < 4.78 is 27.3.